The predicted octanol–water partition coefficient (Wildman–Crippen LogP) is 4.78. The maximum absolute atomic E-state index is 13.9. The van der Waals surface area contributed by atoms with Crippen LogP contribution >= 0.6 is 0 Å². The minimum absolute atomic E-state index is 0.0406. The van der Waals surface area contributed by atoms with E-state index in [9.17, 15) is 9.59 Å². The summed E-state index contributed by atoms with van der Waals surface area (Å²) in [6, 6.07) is 18.6. The summed E-state index contributed by atoms with van der Waals surface area (Å²) in [5, 5.41) is 3.43. The number of ether oxygens (including phenoxy) is 2. The Kier molecular flexibility index (Phi) is 10.4. The molecule has 3 aliphatic rings. The van der Waals surface area contributed by atoms with Crippen LogP contribution in [-0.4, -0.2) is 99.1 Å². The molecule has 1 saturated heterocycles. The minimum Gasteiger partial charge on any atom is -0.493 e. The van der Waals surface area contributed by atoms with Crippen LogP contribution in [0, 0.1) is 5.92 Å². The van der Waals surface area contributed by atoms with Gasteiger partial charge in [-0.25, -0.2) is 4.98 Å². The third-order valence-corrected chi connectivity index (χ3v) is 10.5. The number of hydrogen-bond donors (Lipinski definition) is 1. The van der Waals surface area contributed by atoms with Gasteiger partial charge in [-0.15, -0.1) is 0 Å². The van der Waals surface area contributed by atoms with Crippen LogP contribution in [0.3, 0.4) is 0 Å². The first-order valence-corrected chi connectivity index (χ1v) is 17.3. The topological polar surface area (TPSA) is 90.5 Å². The van der Waals surface area contributed by atoms with Gasteiger partial charge in [-0.3, -0.25) is 9.59 Å². The van der Waals surface area contributed by atoms with Crippen LogP contribution in [0.1, 0.15) is 48.8 Å². The molecule has 0 unspecified atom stereocenters. The number of amides is 2. The molecule has 3 heterocycles. The number of carbonyl (C=O) groups is 2. The Morgan fingerprint density at radius 3 is 2.33 bits per heavy atom. The van der Waals surface area contributed by atoms with E-state index in [1.807, 2.05) is 44.6 Å². The van der Waals surface area contributed by atoms with Gasteiger partial charge < -0.3 is 34.4 Å². The molecule has 2 fully saturated rings. The van der Waals surface area contributed by atoms with Gasteiger partial charge in [0, 0.05) is 76.1 Å². The highest BCUT2D eigenvalue weighted by Gasteiger charge is 2.48. The van der Waals surface area contributed by atoms with Gasteiger partial charge in [-0.05, 0) is 81.1 Å². The van der Waals surface area contributed by atoms with Gasteiger partial charge in [0.05, 0.1) is 19.8 Å². The summed E-state index contributed by atoms with van der Waals surface area (Å²) in [5.74, 6) is 2.63. The molecule has 6 rings (SSSR count). The summed E-state index contributed by atoms with van der Waals surface area (Å²) in [6.07, 6.45) is 6.13. The van der Waals surface area contributed by atoms with Crippen LogP contribution in [0.2, 0.25) is 0 Å². The van der Waals surface area contributed by atoms with Gasteiger partial charge in [0.15, 0.2) is 11.5 Å². The number of methoxy groups -OCH3 is 2. The first-order chi connectivity index (χ1) is 23.3. The molecule has 0 radical (unpaired) electrons. The monoisotopic (exact) mass is 654 g/mol. The molecule has 1 spiro atoms. The van der Waals surface area contributed by atoms with Crippen molar-refractivity contribution in [1.29, 1.82) is 0 Å². The largest absolute Gasteiger partial charge is 0.493 e. The van der Waals surface area contributed by atoms with E-state index in [1.165, 1.54) is 11.1 Å². The molecule has 256 valence electrons. The first-order valence-electron chi connectivity index (χ1n) is 17.3. The lowest BCUT2D eigenvalue weighted by molar-refractivity contribution is -0.144. The lowest BCUT2D eigenvalue weighted by atomic mass is 9.68. The molecule has 3 aromatic rings. The van der Waals surface area contributed by atoms with Crippen molar-refractivity contribution in [2.75, 3.05) is 77.8 Å². The zero-order valence-corrected chi connectivity index (χ0v) is 28.9. The number of piperazine rings is 1. The van der Waals surface area contributed by atoms with Crippen molar-refractivity contribution >= 4 is 23.3 Å². The number of fused-ring (bicyclic) bond motifs is 2. The number of pyridine rings is 1. The fraction of sp³-hybridized carbons (Fsp3) is 0.500. The molecule has 48 heavy (non-hydrogen) atoms. The van der Waals surface area contributed by atoms with E-state index >= 15 is 0 Å². The van der Waals surface area contributed by atoms with Gasteiger partial charge >= 0.3 is 0 Å². The van der Waals surface area contributed by atoms with E-state index in [-0.39, 0.29) is 17.7 Å². The molecule has 2 aliphatic heterocycles. The zero-order chi connectivity index (χ0) is 33.7. The normalized spacial score (nSPS) is 20.9. The van der Waals surface area contributed by atoms with Crippen molar-refractivity contribution in [2.45, 2.75) is 50.6 Å². The average Bonchev–Trinajstić information content (AvgIpc) is 3.13. The Morgan fingerprint density at radius 2 is 1.65 bits per heavy atom. The third-order valence-electron chi connectivity index (χ3n) is 10.5. The Balaban J connectivity index is 1.11. The Morgan fingerprint density at radius 1 is 0.938 bits per heavy atom. The highest BCUT2D eigenvalue weighted by molar-refractivity contribution is 5.80. The van der Waals surface area contributed by atoms with Gasteiger partial charge in [0.25, 0.3) is 0 Å². The lowest BCUT2D eigenvalue weighted by Crippen LogP contribution is -2.56. The first kappa shape index (κ1) is 33.6. The molecule has 2 aromatic carbocycles. The van der Waals surface area contributed by atoms with Crippen LogP contribution in [0.4, 0.5) is 11.5 Å². The standard InChI is InChI=1S/C38H50N6O4/c1-41(2)18-14-36(45)44-19-13-30-24-33(47-3)34(48-4)26-32(30)38(44)15-10-29(11-16-38)37(46)43-22-20-42(21-23-43)31-12-17-39-35(25-31)40-27-28-8-6-5-7-9-28/h5-9,12,17,24-26,29H,10-11,13-16,18-23,27H2,1-4H3,(H,39,40)/t29-,38+. The molecule has 2 amide bonds. The fourth-order valence-corrected chi connectivity index (χ4v) is 7.80. The van der Waals surface area contributed by atoms with E-state index in [4.69, 9.17) is 9.47 Å². The van der Waals surface area contributed by atoms with Crippen LogP contribution in [0.5, 0.6) is 11.5 Å². The molecule has 1 aliphatic carbocycles. The van der Waals surface area contributed by atoms with E-state index in [1.54, 1.807) is 14.2 Å². The Hall–Kier alpha value is -4.31. The highest BCUT2D eigenvalue weighted by Crippen LogP contribution is 2.50. The quantitative estimate of drug-likeness (QED) is 0.334. The van der Waals surface area contributed by atoms with Crippen LogP contribution in [0.15, 0.2) is 60.8 Å². The Bertz CT molecular complexity index is 1560. The number of carbonyl (C=O) groups excluding carboxylic acids is 2. The summed E-state index contributed by atoms with van der Waals surface area (Å²) in [4.78, 5) is 40.8. The smallest absolute Gasteiger partial charge is 0.225 e. The maximum atomic E-state index is 13.9. The van der Waals surface area contributed by atoms with Gasteiger partial charge in [-0.1, -0.05) is 30.3 Å². The second-order valence-electron chi connectivity index (χ2n) is 13.6. The van der Waals surface area contributed by atoms with Crippen molar-refractivity contribution in [3.63, 3.8) is 0 Å². The number of benzene rings is 2. The summed E-state index contributed by atoms with van der Waals surface area (Å²) < 4.78 is 11.4. The lowest BCUT2D eigenvalue weighted by Gasteiger charge is -2.52. The number of aromatic nitrogens is 1. The van der Waals surface area contributed by atoms with E-state index in [0.717, 1.165) is 68.8 Å². The second-order valence-corrected chi connectivity index (χ2v) is 13.6. The minimum atomic E-state index is -0.445. The highest BCUT2D eigenvalue weighted by atomic mass is 16.5. The molecule has 1 aromatic heterocycles. The van der Waals surface area contributed by atoms with Crippen molar-refractivity contribution in [1.82, 2.24) is 19.7 Å². The number of hydrogen-bond acceptors (Lipinski definition) is 8. The maximum Gasteiger partial charge on any atom is 0.225 e. The number of nitrogens with one attached hydrogen (secondary N) is 1. The summed E-state index contributed by atoms with van der Waals surface area (Å²) >= 11 is 0. The van der Waals surface area contributed by atoms with Crippen LogP contribution in [-0.2, 0) is 28.1 Å². The third kappa shape index (κ3) is 7.09. The molecule has 10 nitrogen and oxygen atoms in total. The van der Waals surface area contributed by atoms with Gasteiger partial charge in [-0.2, -0.15) is 0 Å². The van der Waals surface area contributed by atoms with E-state index < -0.39 is 5.54 Å². The van der Waals surface area contributed by atoms with Crippen LogP contribution in [0.25, 0.3) is 0 Å². The summed E-state index contributed by atoms with van der Waals surface area (Å²) in [5.41, 5.74) is 4.24. The average molecular weight is 655 g/mol. The molecule has 1 saturated carbocycles. The van der Waals surface area contributed by atoms with Gasteiger partial charge in [0.1, 0.15) is 5.82 Å². The predicted molar refractivity (Wildman–Crippen MR) is 189 cm³/mol. The van der Waals surface area contributed by atoms with Crippen molar-refractivity contribution in [3.8, 4) is 11.5 Å². The van der Waals surface area contributed by atoms with E-state index in [2.05, 4.69) is 60.2 Å². The van der Waals surface area contributed by atoms with Crippen molar-refractivity contribution < 1.29 is 19.1 Å². The fourth-order valence-electron chi connectivity index (χ4n) is 7.80. The summed E-state index contributed by atoms with van der Waals surface area (Å²) in [6.45, 7) is 5.07. The number of anilines is 2. The molecule has 1 N–H and O–H groups in total. The molecule has 0 atom stereocenters. The van der Waals surface area contributed by atoms with Crippen LogP contribution < -0.4 is 19.7 Å². The zero-order valence-electron chi connectivity index (χ0n) is 28.9. The summed E-state index contributed by atoms with van der Waals surface area (Å²) in [7, 11) is 7.32. The number of nitrogens with zero attached hydrogens (tertiary/aromatic N) is 5. The molecule has 10 heteroatoms. The van der Waals surface area contributed by atoms with Gasteiger partial charge in [0.2, 0.25) is 11.8 Å². The molecular formula is C38H50N6O4. The second kappa shape index (κ2) is 14.8. The molecular weight excluding hydrogens is 604 g/mol. The van der Waals surface area contributed by atoms with Crippen molar-refractivity contribution in [3.05, 3.63) is 77.5 Å². The number of rotatable bonds is 10. The Labute approximate surface area is 285 Å². The molecule has 0 bridgehead atoms. The van der Waals surface area contributed by atoms with Crippen molar-refractivity contribution in [2.24, 2.45) is 5.92 Å². The van der Waals surface area contributed by atoms with E-state index in [0.29, 0.717) is 44.1 Å². The SMILES string of the molecule is COc1cc2c(cc1OC)[C@]1(CC[C@H](C(=O)N3CCN(c4ccnc(NCc5ccccc5)c4)CC3)CC1)N(C(=O)CCN(C)C)CC2.